The third kappa shape index (κ3) is 6.58. The van der Waals surface area contributed by atoms with Crippen LogP contribution in [0.5, 0.6) is 34.5 Å². The molecule has 0 fully saturated rings. The first kappa shape index (κ1) is 29.2. The van der Waals surface area contributed by atoms with E-state index in [1.807, 2.05) is 0 Å². The predicted molar refractivity (Wildman–Crippen MR) is 134 cm³/mol. The number of benzene rings is 3. The Balaban J connectivity index is 0.000000384. The molecule has 11 heteroatoms. The zero-order chi connectivity index (χ0) is 28.7. The van der Waals surface area contributed by atoms with Crippen molar-refractivity contribution >= 4 is 24.2 Å². The van der Waals surface area contributed by atoms with Crippen molar-refractivity contribution in [2.24, 2.45) is 0 Å². The molecular formula is C27H26O11. The molecule has 0 aliphatic rings. The number of aromatic hydroxyl groups is 3. The number of carboxylic acid groups (broad SMARTS) is 1. The maximum atomic E-state index is 12.6. The largest absolute Gasteiger partial charge is 0.508 e. The number of aryl methyl sites for hydroxylation is 2. The second-order valence-electron chi connectivity index (χ2n) is 7.97. The van der Waals surface area contributed by atoms with E-state index in [1.165, 1.54) is 71.2 Å². The number of carbonyl (C=O) groups excluding carboxylic acids is 3. The standard InChI is InChI=1S/C19H18O8.C8H8O3/c1-8-5-13(26-4)11(7-20)17(22)14(8)19(25)27-12-6-9(2)16(21)15(10(12)3)18(23)24;1-6(9)11-8-4-2-7(10)3-5-8/h5-7,21-22H,1-4H3,(H,23,24);2-5,10H,1H3. The highest BCUT2D eigenvalue weighted by atomic mass is 16.5. The Morgan fingerprint density at radius 1 is 0.816 bits per heavy atom. The van der Waals surface area contributed by atoms with Gasteiger partial charge in [-0.1, -0.05) is 0 Å². The molecule has 0 saturated heterocycles. The van der Waals surface area contributed by atoms with E-state index in [-0.39, 0.29) is 51.0 Å². The van der Waals surface area contributed by atoms with Crippen LogP contribution in [0.2, 0.25) is 0 Å². The van der Waals surface area contributed by atoms with Crippen LogP contribution in [0.25, 0.3) is 0 Å². The lowest BCUT2D eigenvalue weighted by molar-refractivity contribution is -0.131. The highest BCUT2D eigenvalue weighted by Crippen LogP contribution is 2.36. The van der Waals surface area contributed by atoms with Crippen molar-refractivity contribution in [3.63, 3.8) is 0 Å². The van der Waals surface area contributed by atoms with Crippen molar-refractivity contribution in [1.29, 1.82) is 0 Å². The molecule has 3 aromatic carbocycles. The Labute approximate surface area is 217 Å². The SMILES string of the molecule is CC(=O)Oc1ccc(O)cc1.COc1cc(C)c(C(=O)Oc2cc(C)c(O)c(C(=O)O)c2C)c(O)c1C=O. The number of carboxylic acids is 1. The number of phenolic OH excluding ortho intramolecular Hbond substituents is 2. The predicted octanol–water partition coefficient (Wildman–Crippen LogP) is 4.08. The van der Waals surface area contributed by atoms with Gasteiger partial charge < -0.3 is 34.6 Å². The van der Waals surface area contributed by atoms with Crippen molar-refractivity contribution in [2.45, 2.75) is 27.7 Å². The van der Waals surface area contributed by atoms with Crippen LogP contribution in [0.4, 0.5) is 0 Å². The fourth-order valence-corrected chi connectivity index (χ4v) is 3.40. The van der Waals surface area contributed by atoms with E-state index in [1.54, 1.807) is 0 Å². The third-order valence-corrected chi connectivity index (χ3v) is 5.26. The van der Waals surface area contributed by atoms with Crippen molar-refractivity contribution in [2.75, 3.05) is 7.11 Å². The lowest BCUT2D eigenvalue weighted by Gasteiger charge is -2.16. The number of phenols is 3. The molecule has 38 heavy (non-hydrogen) atoms. The van der Waals surface area contributed by atoms with E-state index in [4.69, 9.17) is 19.3 Å². The molecule has 11 nitrogen and oxygen atoms in total. The summed E-state index contributed by atoms with van der Waals surface area (Å²) in [6, 6.07) is 8.67. The molecule has 0 bridgehead atoms. The molecule has 3 rings (SSSR count). The Kier molecular flexibility index (Phi) is 9.41. The van der Waals surface area contributed by atoms with Crippen molar-refractivity contribution in [1.82, 2.24) is 0 Å². The number of methoxy groups -OCH3 is 1. The third-order valence-electron chi connectivity index (χ3n) is 5.26. The van der Waals surface area contributed by atoms with E-state index in [0.717, 1.165) is 0 Å². The van der Waals surface area contributed by atoms with E-state index in [0.29, 0.717) is 17.6 Å². The number of hydrogen-bond donors (Lipinski definition) is 4. The minimum atomic E-state index is -1.38. The Morgan fingerprint density at radius 3 is 1.89 bits per heavy atom. The van der Waals surface area contributed by atoms with Crippen LogP contribution in [0.3, 0.4) is 0 Å². The smallest absolute Gasteiger partial charge is 0.347 e. The number of aromatic carboxylic acids is 1. The average molecular weight is 526 g/mol. The minimum absolute atomic E-state index is 0.0419. The maximum Gasteiger partial charge on any atom is 0.347 e. The lowest BCUT2D eigenvalue weighted by atomic mass is 10.0. The minimum Gasteiger partial charge on any atom is -0.508 e. The molecule has 0 atom stereocenters. The zero-order valence-corrected chi connectivity index (χ0v) is 21.2. The summed E-state index contributed by atoms with van der Waals surface area (Å²) in [7, 11) is 1.31. The lowest BCUT2D eigenvalue weighted by Crippen LogP contribution is -2.14. The van der Waals surface area contributed by atoms with Gasteiger partial charge in [0.15, 0.2) is 6.29 Å². The van der Waals surface area contributed by atoms with Crippen LogP contribution in [0.15, 0.2) is 36.4 Å². The fraction of sp³-hybridized carbons (Fsp3) is 0.185. The van der Waals surface area contributed by atoms with E-state index < -0.39 is 23.4 Å². The Morgan fingerprint density at radius 2 is 1.39 bits per heavy atom. The van der Waals surface area contributed by atoms with Gasteiger partial charge in [0.05, 0.1) is 12.7 Å². The van der Waals surface area contributed by atoms with Gasteiger partial charge in [-0.25, -0.2) is 9.59 Å². The summed E-state index contributed by atoms with van der Waals surface area (Å²) >= 11 is 0. The molecule has 0 aromatic heterocycles. The molecule has 0 unspecified atom stereocenters. The van der Waals surface area contributed by atoms with Gasteiger partial charge in [-0.15, -0.1) is 0 Å². The van der Waals surface area contributed by atoms with Crippen LogP contribution < -0.4 is 14.2 Å². The van der Waals surface area contributed by atoms with E-state index in [2.05, 4.69) is 0 Å². The number of esters is 2. The summed E-state index contributed by atoms with van der Waals surface area (Å²) in [6.45, 7) is 5.68. The Bertz CT molecular complexity index is 1390. The van der Waals surface area contributed by atoms with Gasteiger partial charge in [0.1, 0.15) is 45.6 Å². The zero-order valence-electron chi connectivity index (χ0n) is 21.2. The quantitative estimate of drug-likeness (QED) is 0.207. The van der Waals surface area contributed by atoms with E-state index >= 15 is 0 Å². The van der Waals surface area contributed by atoms with Gasteiger partial charge in [-0.2, -0.15) is 0 Å². The number of hydrogen-bond acceptors (Lipinski definition) is 10. The van der Waals surface area contributed by atoms with Crippen LogP contribution in [0.1, 0.15) is 54.7 Å². The van der Waals surface area contributed by atoms with Gasteiger partial charge in [-0.3, -0.25) is 9.59 Å². The molecule has 0 spiro atoms. The van der Waals surface area contributed by atoms with Gasteiger partial charge in [-0.05, 0) is 68.3 Å². The highest BCUT2D eigenvalue weighted by molar-refractivity contribution is 6.00. The average Bonchev–Trinajstić information content (AvgIpc) is 2.83. The molecule has 0 aliphatic carbocycles. The first-order valence-electron chi connectivity index (χ1n) is 10.9. The van der Waals surface area contributed by atoms with Crippen molar-refractivity contribution < 1.29 is 53.8 Å². The summed E-state index contributed by atoms with van der Waals surface area (Å²) in [4.78, 5) is 45.6. The number of rotatable bonds is 6. The van der Waals surface area contributed by atoms with Crippen LogP contribution in [0, 0.1) is 20.8 Å². The van der Waals surface area contributed by atoms with Gasteiger partial charge >= 0.3 is 17.9 Å². The van der Waals surface area contributed by atoms with Gasteiger partial charge in [0.25, 0.3) is 0 Å². The molecular weight excluding hydrogens is 500 g/mol. The molecule has 4 N–H and O–H groups in total. The van der Waals surface area contributed by atoms with Crippen molar-refractivity contribution in [3.8, 4) is 34.5 Å². The van der Waals surface area contributed by atoms with Crippen LogP contribution in [-0.2, 0) is 4.79 Å². The molecule has 0 radical (unpaired) electrons. The van der Waals surface area contributed by atoms with E-state index in [9.17, 15) is 34.5 Å². The first-order chi connectivity index (χ1) is 17.8. The second kappa shape index (κ2) is 12.3. The molecule has 0 heterocycles. The maximum absolute atomic E-state index is 12.6. The molecule has 200 valence electrons. The molecule has 0 aliphatic heterocycles. The second-order valence-corrected chi connectivity index (χ2v) is 7.97. The van der Waals surface area contributed by atoms with Crippen LogP contribution in [-0.4, -0.2) is 51.7 Å². The Hall–Kier alpha value is -5.06. The molecule has 0 amide bonds. The molecule has 3 aromatic rings. The summed E-state index contributed by atoms with van der Waals surface area (Å²) < 4.78 is 15.0. The highest BCUT2D eigenvalue weighted by Gasteiger charge is 2.26. The first-order valence-corrected chi connectivity index (χ1v) is 10.9. The van der Waals surface area contributed by atoms with Gasteiger partial charge in [0, 0.05) is 12.5 Å². The number of ether oxygens (including phenoxy) is 3. The summed E-state index contributed by atoms with van der Waals surface area (Å²) in [6.07, 6.45) is 0.350. The summed E-state index contributed by atoms with van der Waals surface area (Å²) in [5.74, 6) is -3.15. The number of carbonyl (C=O) groups is 4. The van der Waals surface area contributed by atoms with Crippen molar-refractivity contribution in [3.05, 3.63) is 69.8 Å². The number of aldehydes is 1. The molecule has 0 saturated carbocycles. The van der Waals surface area contributed by atoms with Crippen LogP contribution >= 0.6 is 0 Å². The monoisotopic (exact) mass is 526 g/mol. The normalized spacial score (nSPS) is 10.0. The summed E-state index contributed by atoms with van der Waals surface area (Å²) in [5, 5.41) is 38.3. The van der Waals surface area contributed by atoms with Gasteiger partial charge in [0.2, 0.25) is 0 Å². The fourth-order valence-electron chi connectivity index (χ4n) is 3.40. The summed E-state index contributed by atoms with van der Waals surface area (Å²) in [5.41, 5.74) is -0.307. The topological polar surface area (TPSA) is 177 Å².